The Balaban J connectivity index is 0.000000133. The Labute approximate surface area is 220 Å². The average Bonchev–Trinajstić information content (AvgIpc) is 3.76. The average molecular weight is 533 g/mol. The second-order valence-electron chi connectivity index (χ2n) is 10.7. The fourth-order valence-electron chi connectivity index (χ4n) is 5.53. The van der Waals surface area contributed by atoms with E-state index in [1.165, 1.54) is 87.4 Å². The van der Waals surface area contributed by atoms with Crippen LogP contribution in [0.1, 0.15) is 58.3 Å². The summed E-state index contributed by atoms with van der Waals surface area (Å²) >= 11 is 2.97. The van der Waals surface area contributed by atoms with Crippen molar-refractivity contribution in [3.8, 4) is 0 Å². The van der Waals surface area contributed by atoms with E-state index in [4.69, 9.17) is 0 Å². The van der Waals surface area contributed by atoms with Gasteiger partial charge in [-0.05, 0) is 104 Å². The van der Waals surface area contributed by atoms with Crippen molar-refractivity contribution in [2.75, 3.05) is 10.6 Å². The molecule has 7 rings (SSSR count). The number of halogens is 2. The lowest BCUT2D eigenvalue weighted by atomic mass is 9.81. The molecule has 2 aromatic carbocycles. The molecule has 3 aliphatic carbocycles. The van der Waals surface area contributed by atoms with Gasteiger partial charge in [0, 0.05) is 21.4 Å². The molecule has 6 nitrogen and oxygen atoms in total. The van der Waals surface area contributed by atoms with Crippen molar-refractivity contribution in [2.45, 2.75) is 92.2 Å². The maximum absolute atomic E-state index is 13.1. The Morgan fingerprint density at radius 2 is 1.50 bits per heavy atom. The Hall–Kier alpha value is -1.56. The molecule has 2 aliphatic heterocycles. The van der Waals surface area contributed by atoms with Gasteiger partial charge in [-0.15, -0.1) is 0 Å². The Kier molecular flexibility index (Phi) is 6.85. The van der Waals surface area contributed by atoms with Gasteiger partial charge in [0.05, 0.1) is 11.4 Å². The van der Waals surface area contributed by atoms with Crippen LogP contribution in [0.4, 0.5) is 20.2 Å². The standard InChI is InChI=1S/C13H16FN3S.C13H18FN3S/c14-8-2-3-9-10(6-8)18-17-12(15-9)16-11-7-13(11)4-1-5-13;1-2-5-13(6-7-13)16-12-15-10-4-3-9(14)8-11(10)18-17-12/h2-3,6,11-12,15-17H,1,4-5,7H2;3-4,8,12,15-17H,2,5-7H2,1H3. The number of anilines is 2. The van der Waals surface area contributed by atoms with E-state index in [0.29, 0.717) is 17.0 Å². The molecule has 0 radical (unpaired) electrons. The van der Waals surface area contributed by atoms with Crippen molar-refractivity contribution in [1.29, 1.82) is 0 Å². The van der Waals surface area contributed by atoms with E-state index in [-0.39, 0.29) is 24.2 Å². The summed E-state index contributed by atoms with van der Waals surface area (Å²) in [6.07, 6.45) is 10.5. The van der Waals surface area contributed by atoms with Gasteiger partial charge in [0.1, 0.15) is 24.2 Å². The minimum absolute atomic E-state index is 0.0574. The zero-order valence-electron chi connectivity index (χ0n) is 20.4. The lowest BCUT2D eigenvalue weighted by Crippen LogP contribution is -2.52. The van der Waals surface area contributed by atoms with Gasteiger partial charge in [0.15, 0.2) is 0 Å². The van der Waals surface area contributed by atoms with Gasteiger partial charge < -0.3 is 10.6 Å². The number of hydrogen-bond donors (Lipinski definition) is 6. The van der Waals surface area contributed by atoms with Crippen LogP contribution in [-0.4, -0.2) is 24.2 Å². The van der Waals surface area contributed by atoms with Gasteiger partial charge in [-0.25, -0.2) is 18.2 Å². The van der Waals surface area contributed by atoms with Crippen LogP contribution in [-0.2, 0) is 0 Å². The Morgan fingerprint density at radius 1 is 0.889 bits per heavy atom. The van der Waals surface area contributed by atoms with Crippen molar-refractivity contribution in [2.24, 2.45) is 5.41 Å². The first kappa shape index (κ1) is 24.8. The van der Waals surface area contributed by atoms with Crippen molar-refractivity contribution < 1.29 is 8.78 Å². The molecule has 6 N–H and O–H groups in total. The first-order valence-electron chi connectivity index (χ1n) is 13.0. The predicted molar refractivity (Wildman–Crippen MR) is 143 cm³/mol. The quantitative estimate of drug-likeness (QED) is 0.264. The van der Waals surface area contributed by atoms with E-state index < -0.39 is 0 Å². The molecule has 1 spiro atoms. The van der Waals surface area contributed by atoms with Crippen LogP contribution in [0.5, 0.6) is 0 Å². The lowest BCUT2D eigenvalue weighted by Gasteiger charge is -2.31. The van der Waals surface area contributed by atoms with E-state index in [0.717, 1.165) is 21.2 Å². The SMILES string of the molecule is CCCC1(NC2NSc3cc(F)ccc3N2)CC1.Fc1ccc2c(c1)SNC(NC1CC13CCC3)N2. The Morgan fingerprint density at radius 3 is 2.03 bits per heavy atom. The molecule has 3 unspecified atom stereocenters. The highest BCUT2D eigenvalue weighted by Gasteiger charge is 2.58. The fraction of sp³-hybridized carbons (Fsp3) is 0.538. The number of nitrogens with one attached hydrogen (secondary N) is 6. The van der Waals surface area contributed by atoms with Gasteiger partial charge in [0.25, 0.3) is 0 Å². The van der Waals surface area contributed by atoms with Crippen molar-refractivity contribution >= 4 is 35.3 Å². The zero-order valence-corrected chi connectivity index (χ0v) is 22.1. The molecular weight excluding hydrogens is 498 g/mol. The number of benzene rings is 2. The van der Waals surface area contributed by atoms with Crippen LogP contribution in [0.25, 0.3) is 0 Å². The molecule has 0 bridgehead atoms. The van der Waals surface area contributed by atoms with E-state index >= 15 is 0 Å². The van der Waals surface area contributed by atoms with Gasteiger partial charge >= 0.3 is 0 Å². The van der Waals surface area contributed by atoms with Gasteiger partial charge in [-0.3, -0.25) is 10.6 Å². The van der Waals surface area contributed by atoms with Crippen LogP contribution in [0.2, 0.25) is 0 Å². The third-order valence-corrected chi connectivity index (χ3v) is 9.82. The highest BCUT2D eigenvalue weighted by molar-refractivity contribution is 7.97. The van der Waals surface area contributed by atoms with Gasteiger partial charge in [-0.1, -0.05) is 19.8 Å². The summed E-state index contributed by atoms with van der Waals surface area (Å²) in [5, 5.41) is 14.0. The largest absolute Gasteiger partial charge is 0.356 e. The summed E-state index contributed by atoms with van der Waals surface area (Å²) in [7, 11) is 0. The molecule has 0 amide bonds. The summed E-state index contributed by atoms with van der Waals surface area (Å²) in [6.45, 7) is 2.22. The van der Waals surface area contributed by atoms with Gasteiger partial charge in [0.2, 0.25) is 0 Å². The van der Waals surface area contributed by atoms with Crippen LogP contribution in [0, 0.1) is 17.0 Å². The third kappa shape index (κ3) is 5.35. The minimum atomic E-state index is -0.194. The lowest BCUT2D eigenvalue weighted by molar-refractivity contribution is 0.260. The number of fused-ring (bicyclic) bond motifs is 2. The number of hydrogen-bond acceptors (Lipinski definition) is 8. The van der Waals surface area contributed by atoms with Crippen LogP contribution < -0.4 is 30.7 Å². The van der Waals surface area contributed by atoms with E-state index in [1.54, 1.807) is 24.3 Å². The molecule has 3 atom stereocenters. The Bertz CT molecular complexity index is 1110. The predicted octanol–water partition coefficient (Wildman–Crippen LogP) is 5.72. The topological polar surface area (TPSA) is 72.2 Å². The molecular formula is C26H34F2N6S2. The summed E-state index contributed by atoms with van der Waals surface area (Å²) in [5.41, 5.74) is 2.93. The van der Waals surface area contributed by atoms with E-state index in [9.17, 15) is 8.78 Å². The van der Waals surface area contributed by atoms with Crippen molar-refractivity contribution in [3.63, 3.8) is 0 Å². The van der Waals surface area contributed by atoms with E-state index in [1.807, 2.05) is 0 Å². The maximum Gasteiger partial charge on any atom is 0.142 e. The first-order valence-corrected chi connectivity index (χ1v) is 14.6. The molecule has 194 valence electrons. The maximum atomic E-state index is 13.1. The molecule has 3 saturated carbocycles. The first-order chi connectivity index (χ1) is 17.5. The molecule has 2 heterocycles. The monoisotopic (exact) mass is 532 g/mol. The summed E-state index contributed by atoms with van der Waals surface area (Å²) in [4.78, 5) is 1.83. The van der Waals surface area contributed by atoms with Crippen molar-refractivity contribution in [3.05, 3.63) is 48.0 Å². The summed E-state index contributed by atoms with van der Waals surface area (Å²) < 4.78 is 32.7. The van der Waals surface area contributed by atoms with E-state index in [2.05, 4.69) is 37.6 Å². The van der Waals surface area contributed by atoms with Gasteiger partial charge in [-0.2, -0.15) is 0 Å². The van der Waals surface area contributed by atoms with Crippen LogP contribution >= 0.6 is 23.9 Å². The van der Waals surface area contributed by atoms with Crippen LogP contribution in [0.3, 0.4) is 0 Å². The fourth-order valence-corrected chi connectivity index (χ4v) is 7.08. The second kappa shape index (κ2) is 9.96. The molecule has 36 heavy (non-hydrogen) atoms. The summed E-state index contributed by atoms with van der Waals surface area (Å²) in [6, 6.07) is 10.4. The number of rotatable bonds is 6. The highest BCUT2D eigenvalue weighted by Crippen LogP contribution is 2.60. The second-order valence-corrected chi connectivity index (χ2v) is 12.4. The molecule has 10 heteroatoms. The molecule has 0 saturated heterocycles. The minimum Gasteiger partial charge on any atom is -0.356 e. The summed E-state index contributed by atoms with van der Waals surface area (Å²) in [5.74, 6) is -0.382. The van der Waals surface area contributed by atoms with Crippen molar-refractivity contribution in [1.82, 2.24) is 20.1 Å². The molecule has 2 aromatic rings. The smallest absolute Gasteiger partial charge is 0.142 e. The normalized spacial score (nSPS) is 27.8. The third-order valence-electron chi connectivity index (χ3n) is 8.00. The molecule has 3 fully saturated rings. The zero-order chi connectivity index (χ0) is 24.8. The molecule has 5 aliphatic rings. The van der Waals surface area contributed by atoms with Crippen LogP contribution in [0.15, 0.2) is 46.2 Å². The molecule has 0 aromatic heterocycles. The highest BCUT2D eigenvalue weighted by atomic mass is 32.2.